The van der Waals surface area contributed by atoms with Gasteiger partial charge in [0.15, 0.2) is 0 Å². The fourth-order valence-electron chi connectivity index (χ4n) is 18.8. The van der Waals surface area contributed by atoms with Crippen LogP contribution in [0.25, 0.3) is 232 Å². The summed E-state index contributed by atoms with van der Waals surface area (Å²) in [5, 5.41) is 20.7. The first kappa shape index (κ1) is 79.7. The van der Waals surface area contributed by atoms with Crippen molar-refractivity contribution in [1.82, 2.24) is 57.3 Å². The average Bonchev–Trinajstić information content (AvgIpc) is 1.58. The monoisotopic (exact) mass is 2190 g/mol. The van der Waals surface area contributed by atoms with Crippen LogP contribution in [0.2, 0.25) is 0 Å². The summed E-state index contributed by atoms with van der Waals surface area (Å²) in [5.74, 6) is 2.58. The van der Waals surface area contributed by atoms with Crippen molar-refractivity contribution in [2.75, 3.05) is 0 Å². The summed E-state index contributed by atoms with van der Waals surface area (Å²) in [6.45, 7) is 0. The predicted octanol–water partition coefficient (Wildman–Crippen LogP) is 27.3. The van der Waals surface area contributed by atoms with Crippen molar-refractivity contribution in [3.05, 3.63) is 437 Å². The molecular weight excluding hydrogens is 2120 g/mol. The zero-order chi connectivity index (χ0) is 82.9. The molecule has 612 valence electrons. The third-order valence-corrected chi connectivity index (χ3v) is 24.5. The van der Waals surface area contributed by atoms with Gasteiger partial charge < -0.3 is 42.4 Å². The van der Waals surface area contributed by atoms with Crippen LogP contribution in [-0.2, 0) is 63.2 Å². The van der Waals surface area contributed by atoms with E-state index in [9.17, 15) is 0 Å². The van der Waals surface area contributed by atoms with Gasteiger partial charge in [-0.3, -0.25) is 0 Å². The van der Waals surface area contributed by atoms with Gasteiger partial charge >= 0.3 is 63.2 Å². The summed E-state index contributed by atoms with van der Waals surface area (Å²) in [7, 11) is 0. The van der Waals surface area contributed by atoms with E-state index in [1.807, 2.05) is 97.7 Å². The van der Waals surface area contributed by atoms with Gasteiger partial charge in [0.25, 0.3) is 0 Å². The van der Waals surface area contributed by atoms with Gasteiger partial charge in [0.05, 0.1) is 5.52 Å². The summed E-state index contributed by atoms with van der Waals surface area (Å²) in [6.07, 6.45) is 9.43. The molecule has 0 radical (unpaired) electrons. The molecule has 0 saturated heterocycles. The second-order valence-electron chi connectivity index (χ2n) is 31.6. The molecule has 0 fully saturated rings. The minimum Gasteiger partial charge on any atom is -0.352 e. The van der Waals surface area contributed by atoms with Gasteiger partial charge in [0.1, 0.15) is 23.1 Å². The zero-order valence-electron chi connectivity index (χ0n) is 68.4. The molecule has 0 amide bonds. The van der Waals surface area contributed by atoms with Crippen LogP contribution in [0.5, 0.6) is 0 Å². The maximum atomic E-state index is 5.35. The molecule has 12 aromatic heterocycles. The molecule has 129 heavy (non-hydrogen) atoms. The topological polar surface area (TPSA) is 107 Å². The molecule has 0 aliphatic heterocycles. The molecule has 15 heteroatoms. The summed E-state index contributed by atoms with van der Waals surface area (Å²) < 4.78 is 13.4. The minimum atomic E-state index is 0. The van der Waals surface area contributed by atoms with Crippen molar-refractivity contribution in [2.45, 2.75) is 0 Å². The smallest absolute Gasteiger partial charge is 0.352 e. The van der Waals surface area contributed by atoms with Crippen LogP contribution < -0.4 is 0 Å². The number of fused-ring (bicyclic) bond motifs is 21. The first-order valence-electron chi connectivity index (χ1n) is 42.1. The molecule has 12 nitrogen and oxygen atoms in total. The third-order valence-electron chi connectivity index (χ3n) is 24.5. The maximum absolute atomic E-state index is 5.35. The van der Waals surface area contributed by atoms with E-state index in [0.717, 1.165) is 199 Å². The molecule has 0 saturated carbocycles. The summed E-state index contributed by atoms with van der Waals surface area (Å²) in [4.78, 5) is 29.1. The first-order chi connectivity index (χ1) is 62.5. The van der Waals surface area contributed by atoms with Crippen LogP contribution >= 0.6 is 0 Å². The Labute approximate surface area is 782 Å². The number of nitrogens with zero attached hydrogens (tertiary/aromatic N) is 12. The molecule has 0 aliphatic carbocycles. The molecule has 15 aromatic carbocycles. The summed E-state index contributed by atoms with van der Waals surface area (Å²) in [6, 6.07) is 151. The summed E-state index contributed by atoms with van der Waals surface area (Å²) >= 11 is 0. The number of aromatic nitrogens is 12. The van der Waals surface area contributed by atoms with Gasteiger partial charge in [-0.2, -0.15) is 36.4 Å². The Balaban J connectivity index is 0.000000112. The van der Waals surface area contributed by atoms with Crippen molar-refractivity contribution >= 4 is 163 Å². The van der Waals surface area contributed by atoms with E-state index in [4.69, 9.17) is 29.9 Å². The largest absolute Gasteiger partial charge is 2.00 e. The van der Waals surface area contributed by atoms with Crippen LogP contribution in [0.1, 0.15) is 0 Å². The van der Waals surface area contributed by atoms with E-state index in [1.165, 1.54) is 32.3 Å². The van der Waals surface area contributed by atoms with E-state index in [0.29, 0.717) is 0 Å². The minimum absolute atomic E-state index is 0. The number of hydrogen-bond acceptors (Lipinski definition) is 6. The number of benzene rings is 15. The predicted molar refractivity (Wildman–Crippen MR) is 514 cm³/mol. The summed E-state index contributed by atoms with van der Waals surface area (Å²) in [5.41, 5.74) is 21.0. The quantitative estimate of drug-likeness (QED) is 0.133. The van der Waals surface area contributed by atoms with Crippen LogP contribution in [0.4, 0.5) is 0 Å². The SMILES string of the molecule is [Pt+2].[Pt+2].[Pt+2].[c-]1c(-c2cc3ccccc3cn2)ccc2c3ccccc3n(-c3[c-]c4c(cc3)c3ccccc3n4-c3ccccn3)c12.[c-]1c(-c2nccc3ccccc23)ccc2c3ccccc3n(-c3[c-]c4c(cc3)c3ccccc3n4-c3ccccn3)c12.[c-]1ccccc1-n1c2ccccc2c2ccc(-n3c4[c-]c(-c5cc6ccccc6cn5)ccc4c4ccccc43)nc21. The molecule has 0 atom stereocenters. The second-order valence-corrected chi connectivity index (χ2v) is 31.6. The molecular formula is C114H66N12Pt3. The van der Waals surface area contributed by atoms with E-state index >= 15 is 0 Å². The van der Waals surface area contributed by atoms with Crippen molar-refractivity contribution in [3.63, 3.8) is 0 Å². The van der Waals surface area contributed by atoms with Gasteiger partial charge in [-0.1, -0.05) is 251 Å². The van der Waals surface area contributed by atoms with E-state index in [2.05, 4.69) is 367 Å². The van der Waals surface area contributed by atoms with E-state index < -0.39 is 0 Å². The van der Waals surface area contributed by atoms with E-state index in [1.54, 1.807) is 0 Å². The number of pyridine rings is 6. The third kappa shape index (κ3) is 13.4. The molecule has 12 heterocycles. The van der Waals surface area contributed by atoms with Crippen LogP contribution in [0, 0.1) is 36.4 Å². The Morgan fingerprint density at radius 1 is 0.209 bits per heavy atom. The van der Waals surface area contributed by atoms with Crippen molar-refractivity contribution in [1.29, 1.82) is 0 Å². The van der Waals surface area contributed by atoms with Gasteiger partial charge in [-0.15, -0.1) is 112 Å². The van der Waals surface area contributed by atoms with Crippen LogP contribution in [0.15, 0.2) is 401 Å². The average molecular weight is 2190 g/mol. The standard InChI is InChI=1S/3C38H22N4.3Pt/c1-2-10-28-25(9-1)20-22-40-38(28)26-16-18-31-29-11-3-5-13-33(29)41(35(31)23-26)27-17-19-32-30-12-4-6-14-34(30)42(36(32)24-27)37-15-7-8-21-39-37;1-2-10-27-24-40-33(21-25(27)9-1)26-16-18-31-29-11-3-5-13-34(29)41(36(31)22-26)28-17-19-32-30-12-4-6-14-35(30)42(37(32)23-28)38-15-7-8-20-39-38;1-2-12-28(13-3-1)41-34-16-8-7-15-30(34)32-20-21-37(40-38(32)41)42-35-17-9-6-14-29(35)31-19-18-26(23-36(31)42)33-22-25-10-4-5-11-27(25)24-39-33;;;/h1-22H;1-21,24H;1-12,14-22,24H;;;/q3*-2;3*+2. The fourth-order valence-corrected chi connectivity index (χ4v) is 18.8. The molecule has 0 unspecified atom stereocenters. The first-order valence-corrected chi connectivity index (χ1v) is 42.1. The Kier molecular flexibility index (Phi) is 20.4. The van der Waals surface area contributed by atoms with Gasteiger partial charge in [0, 0.05) is 69.3 Å². The Bertz CT molecular complexity index is 8720. The number of rotatable bonds is 9. The fraction of sp³-hybridized carbons (Fsp3) is 0. The molecule has 0 bridgehead atoms. The molecule has 27 rings (SSSR count). The Morgan fingerprint density at radius 2 is 0.566 bits per heavy atom. The van der Waals surface area contributed by atoms with Gasteiger partial charge in [-0.25, -0.2) is 15.0 Å². The maximum Gasteiger partial charge on any atom is 2.00 e. The molecule has 27 aromatic rings. The van der Waals surface area contributed by atoms with Crippen molar-refractivity contribution in [3.8, 4) is 68.3 Å². The molecule has 0 spiro atoms. The van der Waals surface area contributed by atoms with Crippen LogP contribution in [0.3, 0.4) is 0 Å². The second kappa shape index (κ2) is 33.0. The van der Waals surface area contributed by atoms with Crippen LogP contribution in [-0.4, -0.2) is 57.3 Å². The van der Waals surface area contributed by atoms with Crippen molar-refractivity contribution < 1.29 is 63.2 Å². The Morgan fingerprint density at radius 3 is 1.02 bits per heavy atom. The van der Waals surface area contributed by atoms with E-state index in [-0.39, 0.29) is 63.2 Å². The van der Waals surface area contributed by atoms with Crippen molar-refractivity contribution in [2.24, 2.45) is 0 Å². The number of hydrogen-bond donors (Lipinski definition) is 0. The van der Waals surface area contributed by atoms with Gasteiger partial charge in [-0.05, 0) is 172 Å². The normalized spacial score (nSPS) is 11.5. The number of para-hydroxylation sites is 7. The zero-order valence-corrected chi connectivity index (χ0v) is 75.2. The van der Waals surface area contributed by atoms with Gasteiger partial charge in [0.2, 0.25) is 0 Å². The molecule has 0 N–H and O–H groups in total. The molecule has 0 aliphatic rings. The Hall–Kier alpha value is -15.2.